The molecule has 0 aromatic heterocycles. The number of aryl methyl sites for hydroxylation is 1. The zero-order chi connectivity index (χ0) is 14.3. The summed E-state index contributed by atoms with van der Waals surface area (Å²) in [6, 6.07) is 10.5. The fourth-order valence-corrected chi connectivity index (χ4v) is 2.90. The van der Waals surface area contributed by atoms with Gasteiger partial charge < -0.3 is 9.80 Å². The van der Waals surface area contributed by atoms with Crippen molar-refractivity contribution in [2.24, 2.45) is 0 Å². The molecule has 3 heteroatoms. The molecule has 0 spiro atoms. The monoisotopic (exact) mass is 268 g/mol. The van der Waals surface area contributed by atoms with Gasteiger partial charge in [-0.05, 0) is 42.9 Å². The van der Waals surface area contributed by atoms with Gasteiger partial charge in [0.25, 0.3) is 5.91 Å². The van der Waals surface area contributed by atoms with Crippen molar-refractivity contribution in [2.75, 3.05) is 27.2 Å². The third kappa shape index (κ3) is 2.08. The van der Waals surface area contributed by atoms with E-state index in [9.17, 15) is 4.79 Å². The second kappa shape index (κ2) is 4.91. The van der Waals surface area contributed by atoms with Crippen LogP contribution in [0.2, 0.25) is 0 Å². The maximum Gasteiger partial charge on any atom is 0.255 e. The average molecular weight is 268 g/mol. The molecule has 20 heavy (non-hydrogen) atoms. The SMILES string of the molecule is Cc1ccc2cccc3c2c1C(=O)N(CCN(C)C)C3. The molecule has 2 aromatic carbocycles. The van der Waals surface area contributed by atoms with Gasteiger partial charge in [-0.25, -0.2) is 0 Å². The van der Waals surface area contributed by atoms with Crippen molar-refractivity contribution in [1.82, 2.24) is 9.80 Å². The molecule has 1 aliphatic rings. The van der Waals surface area contributed by atoms with Gasteiger partial charge in [0, 0.05) is 19.6 Å². The van der Waals surface area contributed by atoms with Crippen LogP contribution in [0.5, 0.6) is 0 Å². The molecule has 104 valence electrons. The second-order valence-electron chi connectivity index (χ2n) is 5.80. The molecule has 0 N–H and O–H groups in total. The van der Waals surface area contributed by atoms with E-state index in [-0.39, 0.29) is 5.91 Å². The van der Waals surface area contributed by atoms with Crippen molar-refractivity contribution >= 4 is 16.7 Å². The summed E-state index contributed by atoms with van der Waals surface area (Å²) in [4.78, 5) is 16.8. The summed E-state index contributed by atoms with van der Waals surface area (Å²) in [5.41, 5.74) is 3.23. The number of nitrogens with zero attached hydrogens (tertiary/aromatic N) is 2. The van der Waals surface area contributed by atoms with E-state index in [1.54, 1.807) is 0 Å². The highest BCUT2D eigenvalue weighted by Gasteiger charge is 2.26. The van der Waals surface area contributed by atoms with Crippen LogP contribution in [-0.2, 0) is 6.54 Å². The standard InChI is InChI=1S/C17H20N2O/c1-12-7-8-13-5-4-6-14-11-19(10-9-18(2)3)17(20)15(12)16(13)14/h4-8H,9-11H2,1-3H3. The Labute approximate surface area is 119 Å². The molecular formula is C17H20N2O. The molecule has 0 saturated carbocycles. The fraction of sp³-hybridized carbons (Fsp3) is 0.353. The summed E-state index contributed by atoms with van der Waals surface area (Å²) in [5.74, 6) is 0.175. The van der Waals surface area contributed by atoms with Gasteiger partial charge in [0.05, 0.1) is 5.56 Å². The molecule has 0 atom stereocenters. The summed E-state index contributed by atoms with van der Waals surface area (Å²) < 4.78 is 0. The molecule has 1 heterocycles. The third-order valence-corrected chi connectivity index (χ3v) is 4.02. The first-order chi connectivity index (χ1) is 9.58. The summed E-state index contributed by atoms with van der Waals surface area (Å²) in [6.07, 6.45) is 0. The molecular weight excluding hydrogens is 248 g/mol. The molecule has 1 amide bonds. The number of benzene rings is 2. The van der Waals surface area contributed by atoms with Crippen LogP contribution in [-0.4, -0.2) is 42.9 Å². The molecule has 1 aliphatic heterocycles. The number of rotatable bonds is 3. The highest BCUT2D eigenvalue weighted by Crippen LogP contribution is 2.31. The van der Waals surface area contributed by atoms with E-state index < -0.39 is 0 Å². The lowest BCUT2D eigenvalue weighted by Gasteiger charge is -2.30. The van der Waals surface area contributed by atoms with Crippen molar-refractivity contribution in [1.29, 1.82) is 0 Å². The first-order valence-corrected chi connectivity index (χ1v) is 7.03. The largest absolute Gasteiger partial charge is 0.333 e. The Kier molecular flexibility index (Phi) is 3.22. The van der Waals surface area contributed by atoms with Gasteiger partial charge in [0.1, 0.15) is 0 Å². The molecule has 0 fully saturated rings. The number of likely N-dealkylation sites (N-methyl/N-ethyl adjacent to an activating group) is 1. The quantitative estimate of drug-likeness (QED) is 0.854. The molecule has 0 aliphatic carbocycles. The molecule has 3 nitrogen and oxygen atoms in total. The van der Waals surface area contributed by atoms with Crippen LogP contribution in [0.25, 0.3) is 10.8 Å². The zero-order valence-electron chi connectivity index (χ0n) is 12.3. The van der Waals surface area contributed by atoms with E-state index in [0.717, 1.165) is 36.1 Å². The molecule has 3 rings (SSSR count). The van der Waals surface area contributed by atoms with Crippen molar-refractivity contribution < 1.29 is 4.79 Å². The van der Waals surface area contributed by atoms with Crippen LogP contribution in [0.3, 0.4) is 0 Å². The van der Waals surface area contributed by atoms with E-state index in [2.05, 4.69) is 35.2 Å². The van der Waals surface area contributed by atoms with Crippen molar-refractivity contribution in [3.63, 3.8) is 0 Å². The van der Waals surface area contributed by atoms with Gasteiger partial charge in [-0.15, -0.1) is 0 Å². The highest BCUT2D eigenvalue weighted by atomic mass is 16.2. The Morgan fingerprint density at radius 2 is 2.00 bits per heavy atom. The normalized spacial score (nSPS) is 14.4. The van der Waals surface area contributed by atoms with Crippen LogP contribution in [0.15, 0.2) is 30.3 Å². The number of carbonyl (C=O) groups is 1. The Morgan fingerprint density at radius 3 is 2.75 bits per heavy atom. The zero-order valence-corrected chi connectivity index (χ0v) is 12.3. The van der Waals surface area contributed by atoms with Crippen molar-refractivity contribution in [3.05, 3.63) is 47.0 Å². The predicted octanol–water partition coefficient (Wildman–Crippen LogP) is 2.67. The van der Waals surface area contributed by atoms with Crippen LogP contribution in [0.1, 0.15) is 21.5 Å². The summed E-state index contributed by atoms with van der Waals surface area (Å²) >= 11 is 0. The summed E-state index contributed by atoms with van der Waals surface area (Å²) in [5, 5.41) is 2.32. The number of hydrogen-bond acceptors (Lipinski definition) is 2. The number of hydrogen-bond donors (Lipinski definition) is 0. The van der Waals surface area contributed by atoms with Gasteiger partial charge in [-0.3, -0.25) is 4.79 Å². The first-order valence-electron chi connectivity index (χ1n) is 7.03. The van der Waals surface area contributed by atoms with Crippen LogP contribution >= 0.6 is 0 Å². The molecule has 0 unspecified atom stereocenters. The lowest BCUT2D eigenvalue weighted by molar-refractivity contribution is 0.0726. The average Bonchev–Trinajstić information content (AvgIpc) is 2.42. The summed E-state index contributed by atoms with van der Waals surface area (Å²) in [6.45, 7) is 4.41. The van der Waals surface area contributed by atoms with Crippen molar-refractivity contribution in [3.8, 4) is 0 Å². The fourth-order valence-electron chi connectivity index (χ4n) is 2.90. The van der Waals surface area contributed by atoms with E-state index in [1.165, 1.54) is 10.9 Å². The maximum absolute atomic E-state index is 12.7. The molecule has 0 bridgehead atoms. The smallest absolute Gasteiger partial charge is 0.255 e. The Morgan fingerprint density at radius 1 is 1.20 bits per heavy atom. The van der Waals surface area contributed by atoms with Gasteiger partial charge in [-0.2, -0.15) is 0 Å². The van der Waals surface area contributed by atoms with Crippen LogP contribution < -0.4 is 0 Å². The Balaban J connectivity index is 2.08. The third-order valence-electron chi connectivity index (χ3n) is 4.02. The Hall–Kier alpha value is -1.87. The van der Waals surface area contributed by atoms with Gasteiger partial charge in [0.2, 0.25) is 0 Å². The topological polar surface area (TPSA) is 23.6 Å². The van der Waals surface area contributed by atoms with E-state index in [0.29, 0.717) is 0 Å². The van der Waals surface area contributed by atoms with Gasteiger partial charge in [-0.1, -0.05) is 30.3 Å². The minimum atomic E-state index is 0.175. The first kappa shape index (κ1) is 13.1. The van der Waals surface area contributed by atoms with E-state index in [1.807, 2.05) is 25.9 Å². The minimum Gasteiger partial charge on any atom is -0.333 e. The lowest BCUT2D eigenvalue weighted by Crippen LogP contribution is -2.38. The number of amides is 1. The minimum absolute atomic E-state index is 0.175. The van der Waals surface area contributed by atoms with Crippen molar-refractivity contribution in [2.45, 2.75) is 13.5 Å². The molecule has 2 aromatic rings. The highest BCUT2D eigenvalue weighted by molar-refractivity contribution is 6.11. The van der Waals surface area contributed by atoms with Gasteiger partial charge >= 0.3 is 0 Å². The predicted molar refractivity (Wildman–Crippen MR) is 82.0 cm³/mol. The van der Waals surface area contributed by atoms with E-state index in [4.69, 9.17) is 0 Å². The number of carbonyl (C=O) groups excluding carboxylic acids is 1. The molecule has 0 radical (unpaired) electrons. The maximum atomic E-state index is 12.7. The Bertz CT molecular complexity index is 676. The summed E-state index contributed by atoms with van der Waals surface area (Å²) in [7, 11) is 4.07. The van der Waals surface area contributed by atoms with Crippen LogP contribution in [0.4, 0.5) is 0 Å². The van der Waals surface area contributed by atoms with E-state index >= 15 is 0 Å². The molecule has 0 saturated heterocycles. The lowest BCUT2D eigenvalue weighted by atomic mass is 9.91. The second-order valence-corrected chi connectivity index (χ2v) is 5.80. The van der Waals surface area contributed by atoms with Crippen LogP contribution in [0, 0.1) is 6.92 Å². The van der Waals surface area contributed by atoms with Gasteiger partial charge in [0.15, 0.2) is 0 Å².